The Morgan fingerprint density at radius 3 is 2.43 bits per heavy atom. The average Bonchev–Trinajstić information content (AvgIpc) is 2.74. The second-order valence-corrected chi connectivity index (χ2v) is 8.19. The van der Waals surface area contributed by atoms with Gasteiger partial charge in [-0.15, -0.1) is 0 Å². The number of aromatic nitrogens is 1. The predicted octanol–water partition coefficient (Wildman–Crippen LogP) is 4.20. The van der Waals surface area contributed by atoms with Gasteiger partial charge < -0.3 is 14.5 Å². The molecule has 0 radical (unpaired) electrons. The Labute approximate surface area is 178 Å². The lowest BCUT2D eigenvalue weighted by atomic mass is 10.1. The summed E-state index contributed by atoms with van der Waals surface area (Å²) in [4.78, 5) is 21.7. The van der Waals surface area contributed by atoms with Crippen LogP contribution in [0.3, 0.4) is 0 Å². The van der Waals surface area contributed by atoms with Gasteiger partial charge in [0.05, 0.1) is 5.52 Å². The molecule has 156 valence electrons. The number of pyridine rings is 1. The fourth-order valence-corrected chi connectivity index (χ4v) is 4.08. The van der Waals surface area contributed by atoms with Crippen molar-refractivity contribution in [3.05, 3.63) is 64.7 Å². The van der Waals surface area contributed by atoms with Crippen LogP contribution >= 0.6 is 0 Å². The highest BCUT2D eigenvalue weighted by Crippen LogP contribution is 2.25. The van der Waals surface area contributed by atoms with E-state index in [1.165, 1.54) is 22.1 Å². The molecule has 1 fully saturated rings. The molecule has 2 aromatic carbocycles. The van der Waals surface area contributed by atoms with Gasteiger partial charge >= 0.3 is 0 Å². The monoisotopic (exact) mass is 403 g/mol. The summed E-state index contributed by atoms with van der Waals surface area (Å²) < 4.78 is 5.78. The molecule has 0 N–H and O–H groups in total. The Bertz CT molecular complexity index is 1090. The Morgan fingerprint density at radius 2 is 1.70 bits per heavy atom. The molecular weight excluding hydrogens is 374 g/mol. The van der Waals surface area contributed by atoms with Crippen LogP contribution in [0.5, 0.6) is 5.75 Å². The lowest BCUT2D eigenvalue weighted by Crippen LogP contribution is -2.50. The maximum atomic E-state index is 12.6. The van der Waals surface area contributed by atoms with Gasteiger partial charge in [-0.3, -0.25) is 4.79 Å². The van der Waals surface area contributed by atoms with E-state index in [-0.39, 0.29) is 12.5 Å². The molecule has 2 heterocycles. The number of para-hydroxylation sites is 1. The molecule has 1 aliphatic rings. The Kier molecular flexibility index (Phi) is 5.62. The molecule has 3 aromatic rings. The summed E-state index contributed by atoms with van der Waals surface area (Å²) >= 11 is 0. The molecule has 0 atom stereocenters. The summed E-state index contributed by atoms with van der Waals surface area (Å²) in [5.41, 5.74) is 5.73. The van der Waals surface area contributed by atoms with Crippen LogP contribution in [-0.4, -0.2) is 48.6 Å². The SMILES string of the molecule is Cc1ccc(OCC(=O)N2CCN(c3cc(C)c4cccc(C)c4n3)CC2)c(C)c1. The minimum absolute atomic E-state index is 0.0353. The summed E-state index contributed by atoms with van der Waals surface area (Å²) in [6.45, 7) is 11.3. The summed E-state index contributed by atoms with van der Waals surface area (Å²) in [5.74, 6) is 1.81. The number of hydrogen-bond acceptors (Lipinski definition) is 4. The van der Waals surface area contributed by atoms with E-state index < -0.39 is 0 Å². The van der Waals surface area contributed by atoms with E-state index in [2.05, 4.69) is 56.0 Å². The highest BCUT2D eigenvalue weighted by Gasteiger charge is 2.23. The number of rotatable bonds is 4. The predicted molar refractivity (Wildman–Crippen MR) is 121 cm³/mol. The van der Waals surface area contributed by atoms with Gasteiger partial charge in [0.1, 0.15) is 11.6 Å². The summed E-state index contributed by atoms with van der Waals surface area (Å²) in [5, 5.41) is 1.20. The molecule has 5 heteroatoms. The molecule has 4 rings (SSSR count). The van der Waals surface area contributed by atoms with Crippen LogP contribution in [-0.2, 0) is 4.79 Å². The second-order valence-electron chi connectivity index (χ2n) is 8.19. The zero-order valence-electron chi connectivity index (χ0n) is 18.2. The second kappa shape index (κ2) is 8.34. The number of fused-ring (bicyclic) bond motifs is 1. The first-order chi connectivity index (χ1) is 14.4. The minimum atomic E-state index is 0.0353. The van der Waals surface area contributed by atoms with Gasteiger partial charge in [-0.05, 0) is 56.5 Å². The largest absolute Gasteiger partial charge is 0.484 e. The molecule has 5 nitrogen and oxygen atoms in total. The van der Waals surface area contributed by atoms with E-state index >= 15 is 0 Å². The van der Waals surface area contributed by atoms with Crippen molar-refractivity contribution in [3.8, 4) is 5.75 Å². The van der Waals surface area contributed by atoms with Crippen molar-refractivity contribution in [3.63, 3.8) is 0 Å². The number of carbonyl (C=O) groups excluding carboxylic acids is 1. The zero-order valence-corrected chi connectivity index (χ0v) is 18.2. The highest BCUT2D eigenvalue weighted by atomic mass is 16.5. The van der Waals surface area contributed by atoms with E-state index in [1.54, 1.807) is 0 Å². The van der Waals surface area contributed by atoms with E-state index in [4.69, 9.17) is 9.72 Å². The number of benzene rings is 2. The Morgan fingerprint density at radius 1 is 0.933 bits per heavy atom. The molecule has 30 heavy (non-hydrogen) atoms. The van der Waals surface area contributed by atoms with Crippen LogP contribution in [0.25, 0.3) is 10.9 Å². The third kappa shape index (κ3) is 4.11. The lowest BCUT2D eigenvalue weighted by molar-refractivity contribution is -0.133. The van der Waals surface area contributed by atoms with Crippen LogP contribution in [0.15, 0.2) is 42.5 Å². The van der Waals surface area contributed by atoms with Gasteiger partial charge in [-0.25, -0.2) is 4.98 Å². The van der Waals surface area contributed by atoms with Gasteiger partial charge in [0.25, 0.3) is 5.91 Å². The first-order valence-electron chi connectivity index (χ1n) is 10.5. The maximum absolute atomic E-state index is 12.6. The van der Waals surface area contributed by atoms with Gasteiger partial charge in [0.2, 0.25) is 0 Å². The van der Waals surface area contributed by atoms with Crippen molar-refractivity contribution in [2.45, 2.75) is 27.7 Å². The van der Waals surface area contributed by atoms with E-state index in [0.29, 0.717) is 13.1 Å². The van der Waals surface area contributed by atoms with E-state index in [0.717, 1.165) is 35.7 Å². The molecule has 0 aliphatic carbocycles. The number of amides is 1. The molecule has 0 bridgehead atoms. The van der Waals surface area contributed by atoms with Crippen molar-refractivity contribution in [2.24, 2.45) is 0 Å². The first kappa shape index (κ1) is 20.2. The molecular formula is C25H29N3O2. The van der Waals surface area contributed by atoms with E-state index in [9.17, 15) is 4.79 Å². The van der Waals surface area contributed by atoms with Gasteiger partial charge in [-0.1, -0.05) is 35.9 Å². The molecule has 0 spiro atoms. The summed E-state index contributed by atoms with van der Waals surface area (Å²) in [6.07, 6.45) is 0. The molecule has 1 amide bonds. The fraction of sp³-hybridized carbons (Fsp3) is 0.360. The van der Waals surface area contributed by atoms with Crippen molar-refractivity contribution in [1.82, 2.24) is 9.88 Å². The van der Waals surface area contributed by atoms with Crippen molar-refractivity contribution in [2.75, 3.05) is 37.7 Å². The topological polar surface area (TPSA) is 45.7 Å². The first-order valence-corrected chi connectivity index (χ1v) is 10.5. The smallest absolute Gasteiger partial charge is 0.260 e. The van der Waals surface area contributed by atoms with Gasteiger partial charge in [0.15, 0.2) is 6.61 Å². The van der Waals surface area contributed by atoms with Crippen LogP contribution in [0.1, 0.15) is 22.3 Å². The Balaban J connectivity index is 1.38. The van der Waals surface area contributed by atoms with Crippen LogP contribution in [0, 0.1) is 27.7 Å². The van der Waals surface area contributed by atoms with Crippen LogP contribution in [0.4, 0.5) is 5.82 Å². The normalized spacial score (nSPS) is 14.3. The van der Waals surface area contributed by atoms with Gasteiger partial charge in [-0.2, -0.15) is 0 Å². The van der Waals surface area contributed by atoms with E-state index in [1.807, 2.05) is 24.0 Å². The number of anilines is 1. The van der Waals surface area contributed by atoms with Crippen molar-refractivity contribution in [1.29, 1.82) is 0 Å². The molecule has 1 saturated heterocycles. The third-order valence-electron chi connectivity index (χ3n) is 5.87. The molecule has 1 aromatic heterocycles. The lowest BCUT2D eigenvalue weighted by Gasteiger charge is -2.35. The maximum Gasteiger partial charge on any atom is 0.260 e. The van der Waals surface area contributed by atoms with Crippen molar-refractivity contribution < 1.29 is 9.53 Å². The number of nitrogens with zero attached hydrogens (tertiary/aromatic N) is 3. The quantitative estimate of drug-likeness (QED) is 0.655. The molecule has 0 saturated carbocycles. The van der Waals surface area contributed by atoms with Crippen molar-refractivity contribution >= 4 is 22.6 Å². The number of ether oxygens (including phenoxy) is 1. The fourth-order valence-electron chi connectivity index (χ4n) is 4.08. The zero-order chi connectivity index (χ0) is 21.3. The molecule has 0 unspecified atom stereocenters. The number of carbonyl (C=O) groups is 1. The number of aryl methyl sites for hydroxylation is 4. The number of hydrogen-bond donors (Lipinski definition) is 0. The average molecular weight is 404 g/mol. The van der Waals surface area contributed by atoms with Crippen LogP contribution in [0.2, 0.25) is 0 Å². The summed E-state index contributed by atoms with van der Waals surface area (Å²) in [7, 11) is 0. The Hall–Kier alpha value is -3.08. The molecule has 1 aliphatic heterocycles. The summed E-state index contributed by atoms with van der Waals surface area (Å²) in [6, 6.07) is 14.5. The van der Waals surface area contributed by atoms with Crippen LogP contribution < -0.4 is 9.64 Å². The highest BCUT2D eigenvalue weighted by molar-refractivity contribution is 5.86. The third-order valence-corrected chi connectivity index (χ3v) is 5.87. The standard InChI is InChI=1S/C25H29N3O2/c1-17-8-9-22(20(4)14-17)30-16-24(29)28-12-10-27(11-13-28)23-15-19(3)21-7-5-6-18(2)25(21)26-23/h5-9,14-15H,10-13,16H2,1-4H3. The van der Waals surface area contributed by atoms with Gasteiger partial charge in [0, 0.05) is 31.6 Å². The minimum Gasteiger partial charge on any atom is -0.484 e. The number of piperazine rings is 1.